The highest BCUT2D eigenvalue weighted by atomic mass is 16.5. The van der Waals surface area contributed by atoms with Gasteiger partial charge in [0.15, 0.2) is 0 Å². The zero-order valence-electron chi connectivity index (χ0n) is 14.4. The first kappa shape index (κ1) is 15.9. The highest BCUT2D eigenvalue weighted by molar-refractivity contribution is 6.00. The minimum atomic E-state index is 0.684. The van der Waals surface area contributed by atoms with Crippen molar-refractivity contribution in [3.63, 3.8) is 0 Å². The molecule has 2 nitrogen and oxygen atoms in total. The molecule has 0 spiro atoms. The van der Waals surface area contributed by atoms with E-state index in [0.717, 1.165) is 30.8 Å². The Bertz CT molecular complexity index is 728. The number of fused-ring (bicyclic) bond motifs is 2. The van der Waals surface area contributed by atoms with Crippen molar-refractivity contribution in [2.45, 2.75) is 46.5 Å². The molecular formula is C21H26O2. The maximum Gasteiger partial charge on any atom is 0.135 e. The van der Waals surface area contributed by atoms with E-state index >= 15 is 0 Å². The summed E-state index contributed by atoms with van der Waals surface area (Å²) < 4.78 is 12.2. The Morgan fingerprint density at radius 3 is 2.22 bits per heavy atom. The minimum absolute atomic E-state index is 0.684. The summed E-state index contributed by atoms with van der Waals surface area (Å²) in [4.78, 5) is 0. The van der Waals surface area contributed by atoms with Crippen LogP contribution in [-0.2, 0) is 6.42 Å². The summed E-state index contributed by atoms with van der Waals surface area (Å²) in [7, 11) is 0. The van der Waals surface area contributed by atoms with Gasteiger partial charge >= 0.3 is 0 Å². The van der Waals surface area contributed by atoms with Crippen molar-refractivity contribution in [3.8, 4) is 11.5 Å². The molecule has 122 valence electrons. The van der Waals surface area contributed by atoms with E-state index in [1.54, 1.807) is 0 Å². The van der Waals surface area contributed by atoms with Gasteiger partial charge in [0.25, 0.3) is 0 Å². The van der Waals surface area contributed by atoms with Gasteiger partial charge in [0.2, 0.25) is 0 Å². The van der Waals surface area contributed by atoms with Crippen LogP contribution in [0.5, 0.6) is 11.5 Å². The van der Waals surface area contributed by atoms with Crippen LogP contribution in [-0.4, -0.2) is 13.2 Å². The van der Waals surface area contributed by atoms with E-state index < -0.39 is 0 Å². The largest absolute Gasteiger partial charge is 0.493 e. The van der Waals surface area contributed by atoms with E-state index in [2.05, 4.69) is 51.1 Å². The van der Waals surface area contributed by atoms with E-state index in [0.29, 0.717) is 13.2 Å². The topological polar surface area (TPSA) is 18.5 Å². The van der Waals surface area contributed by atoms with Gasteiger partial charge in [-0.2, -0.15) is 0 Å². The third-order valence-electron chi connectivity index (χ3n) is 4.44. The fraction of sp³-hybridized carbons (Fsp3) is 0.429. The monoisotopic (exact) mass is 310 g/mol. The molecule has 23 heavy (non-hydrogen) atoms. The summed E-state index contributed by atoms with van der Waals surface area (Å²) >= 11 is 0. The molecule has 0 radical (unpaired) electrons. The lowest BCUT2D eigenvalue weighted by Gasteiger charge is -2.27. The number of rotatable bonds is 5. The van der Waals surface area contributed by atoms with Gasteiger partial charge in [0.1, 0.15) is 11.5 Å². The normalized spacial score (nSPS) is 15.7. The summed E-state index contributed by atoms with van der Waals surface area (Å²) in [6.45, 7) is 7.69. The Kier molecular flexibility index (Phi) is 4.90. The molecule has 2 aromatic carbocycles. The molecule has 2 heteroatoms. The molecule has 0 bridgehead atoms. The third-order valence-corrected chi connectivity index (χ3v) is 4.44. The van der Waals surface area contributed by atoms with Gasteiger partial charge in [-0.05, 0) is 45.1 Å². The molecule has 2 aromatic rings. The first-order valence-corrected chi connectivity index (χ1v) is 8.84. The zero-order chi connectivity index (χ0) is 16.2. The average molecular weight is 310 g/mol. The van der Waals surface area contributed by atoms with Gasteiger partial charge in [-0.15, -0.1) is 0 Å². The number of benzene rings is 2. The summed E-state index contributed by atoms with van der Waals surface area (Å²) in [5.74, 6) is 2.10. The van der Waals surface area contributed by atoms with Crippen LogP contribution in [0.1, 0.15) is 51.2 Å². The molecule has 0 unspecified atom stereocenters. The van der Waals surface area contributed by atoms with Gasteiger partial charge in [-0.3, -0.25) is 0 Å². The Morgan fingerprint density at radius 2 is 1.57 bits per heavy atom. The van der Waals surface area contributed by atoms with E-state index in [9.17, 15) is 0 Å². The molecule has 0 aliphatic heterocycles. The number of hydrogen-bond donors (Lipinski definition) is 0. The quantitative estimate of drug-likeness (QED) is 0.698. The number of ether oxygens (including phenoxy) is 2. The van der Waals surface area contributed by atoms with Crippen LogP contribution in [0.4, 0.5) is 0 Å². The average Bonchev–Trinajstić information content (AvgIpc) is 2.58. The Hall–Kier alpha value is -1.96. The van der Waals surface area contributed by atoms with E-state index in [1.165, 1.54) is 33.9 Å². The van der Waals surface area contributed by atoms with Crippen LogP contribution in [0.2, 0.25) is 0 Å². The van der Waals surface area contributed by atoms with Crippen LogP contribution >= 0.6 is 0 Å². The van der Waals surface area contributed by atoms with Crippen LogP contribution in [0.25, 0.3) is 16.3 Å². The van der Waals surface area contributed by atoms with Crippen molar-refractivity contribution in [1.82, 2.24) is 0 Å². The van der Waals surface area contributed by atoms with E-state index in [4.69, 9.17) is 9.47 Å². The highest BCUT2D eigenvalue weighted by Crippen LogP contribution is 2.48. The van der Waals surface area contributed by atoms with E-state index in [-0.39, 0.29) is 0 Å². The minimum Gasteiger partial charge on any atom is -0.493 e. The molecule has 0 saturated heterocycles. The number of allylic oxidation sites excluding steroid dienone is 2. The highest BCUT2D eigenvalue weighted by Gasteiger charge is 2.26. The van der Waals surface area contributed by atoms with Gasteiger partial charge in [0, 0.05) is 21.9 Å². The SMILES string of the molecule is CC/C=C1/CCCc2c1c(OCC)c1ccccc1c2OCC. The maximum atomic E-state index is 6.13. The lowest BCUT2D eigenvalue weighted by atomic mass is 9.83. The van der Waals surface area contributed by atoms with Gasteiger partial charge in [0.05, 0.1) is 13.2 Å². The summed E-state index contributed by atoms with van der Waals surface area (Å²) in [5.41, 5.74) is 4.05. The molecule has 0 aromatic heterocycles. The van der Waals surface area contributed by atoms with Crippen molar-refractivity contribution in [2.24, 2.45) is 0 Å². The summed E-state index contributed by atoms with van der Waals surface area (Å²) in [6.07, 6.45) is 6.78. The Labute approximate surface area is 139 Å². The predicted octanol–water partition coefficient (Wildman–Crippen LogP) is 5.77. The fourth-order valence-corrected chi connectivity index (χ4v) is 3.64. The molecule has 0 atom stereocenters. The van der Waals surface area contributed by atoms with Crippen LogP contribution in [0.3, 0.4) is 0 Å². The fourth-order valence-electron chi connectivity index (χ4n) is 3.64. The zero-order valence-corrected chi connectivity index (χ0v) is 14.4. The molecule has 0 amide bonds. The predicted molar refractivity (Wildman–Crippen MR) is 97.5 cm³/mol. The van der Waals surface area contributed by atoms with Gasteiger partial charge in [-0.1, -0.05) is 37.3 Å². The van der Waals surface area contributed by atoms with Gasteiger partial charge < -0.3 is 9.47 Å². The summed E-state index contributed by atoms with van der Waals surface area (Å²) in [5, 5.41) is 2.34. The van der Waals surface area contributed by atoms with Gasteiger partial charge in [-0.25, -0.2) is 0 Å². The van der Waals surface area contributed by atoms with Crippen molar-refractivity contribution in [3.05, 3.63) is 41.5 Å². The lowest BCUT2D eigenvalue weighted by Crippen LogP contribution is -2.10. The molecule has 1 aliphatic carbocycles. The van der Waals surface area contributed by atoms with Crippen molar-refractivity contribution >= 4 is 16.3 Å². The molecule has 0 heterocycles. The Morgan fingerprint density at radius 1 is 0.913 bits per heavy atom. The van der Waals surface area contributed by atoms with Crippen molar-refractivity contribution in [2.75, 3.05) is 13.2 Å². The molecule has 0 saturated carbocycles. The second-order valence-corrected chi connectivity index (χ2v) is 5.91. The smallest absolute Gasteiger partial charge is 0.135 e. The molecule has 0 N–H and O–H groups in total. The van der Waals surface area contributed by atoms with Crippen molar-refractivity contribution < 1.29 is 9.47 Å². The molecule has 0 fully saturated rings. The van der Waals surface area contributed by atoms with Crippen LogP contribution in [0, 0.1) is 0 Å². The second-order valence-electron chi connectivity index (χ2n) is 5.91. The van der Waals surface area contributed by atoms with Crippen molar-refractivity contribution in [1.29, 1.82) is 0 Å². The van der Waals surface area contributed by atoms with Crippen LogP contribution < -0.4 is 9.47 Å². The first-order chi connectivity index (χ1) is 11.3. The lowest BCUT2D eigenvalue weighted by molar-refractivity contribution is 0.331. The first-order valence-electron chi connectivity index (χ1n) is 8.84. The summed E-state index contributed by atoms with van der Waals surface area (Å²) in [6, 6.07) is 8.47. The molecule has 3 rings (SSSR count). The molecule has 1 aliphatic rings. The maximum absolute atomic E-state index is 6.13. The number of hydrogen-bond acceptors (Lipinski definition) is 2. The van der Waals surface area contributed by atoms with Crippen LogP contribution in [0.15, 0.2) is 30.3 Å². The third kappa shape index (κ3) is 2.83. The standard InChI is InChI=1S/C21H26O2/c1-4-10-15-11-9-14-18-19(15)21(23-6-3)17-13-8-7-12-16(17)20(18)22-5-2/h7-8,10,12-13H,4-6,9,11,14H2,1-3H3/b15-10-. The Balaban J connectivity index is 2.38. The van der Waals surface area contributed by atoms with E-state index in [1.807, 2.05) is 0 Å². The second kappa shape index (κ2) is 7.08. The molecular weight excluding hydrogens is 284 g/mol.